The minimum Gasteiger partial charge on any atom is -0.316 e. The summed E-state index contributed by atoms with van der Waals surface area (Å²) >= 11 is 5.76. The molecule has 0 spiro atoms. The molecule has 1 heterocycles. The molecule has 0 radical (unpaired) electrons. The van der Waals surface area contributed by atoms with E-state index in [0.717, 1.165) is 13.0 Å². The molecular formula is C15H19ClFNO. The highest BCUT2D eigenvalue weighted by atomic mass is 35.5. The van der Waals surface area contributed by atoms with Crippen LogP contribution in [0.4, 0.5) is 4.39 Å². The van der Waals surface area contributed by atoms with Crippen molar-refractivity contribution in [2.24, 2.45) is 11.3 Å². The molecule has 1 saturated heterocycles. The smallest absolute Gasteiger partial charge is 0.145 e. The first kappa shape index (κ1) is 14.5. The molecule has 1 aliphatic heterocycles. The van der Waals surface area contributed by atoms with E-state index in [4.69, 9.17) is 11.6 Å². The summed E-state index contributed by atoms with van der Waals surface area (Å²) in [5, 5.41) is 3.32. The summed E-state index contributed by atoms with van der Waals surface area (Å²) in [6.45, 7) is 5.64. The monoisotopic (exact) mass is 283 g/mol. The van der Waals surface area contributed by atoms with E-state index in [-0.39, 0.29) is 28.6 Å². The number of ketones is 1. The number of hydrogen-bond donors (Lipinski definition) is 1. The molecule has 0 bridgehead atoms. The van der Waals surface area contributed by atoms with E-state index >= 15 is 0 Å². The molecule has 1 unspecified atom stereocenters. The van der Waals surface area contributed by atoms with E-state index in [1.807, 2.05) is 0 Å². The van der Waals surface area contributed by atoms with Crippen LogP contribution in [0.1, 0.15) is 25.8 Å². The zero-order valence-corrected chi connectivity index (χ0v) is 12.1. The number of hydrogen-bond acceptors (Lipinski definition) is 2. The molecule has 0 saturated carbocycles. The predicted octanol–water partition coefficient (Wildman–Crippen LogP) is 3.23. The lowest BCUT2D eigenvalue weighted by atomic mass is 9.71. The molecule has 1 N–H and O–H groups in total. The molecule has 1 atom stereocenters. The molecule has 104 valence electrons. The van der Waals surface area contributed by atoms with E-state index in [9.17, 15) is 9.18 Å². The van der Waals surface area contributed by atoms with E-state index in [1.165, 1.54) is 6.07 Å². The lowest BCUT2D eigenvalue weighted by molar-refractivity contribution is -0.129. The Bertz CT molecular complexity index is 481. The second-order valence-corrected chi connectivity index (χ2v) is 5.96. The molecule has 4 heteroatoms. The Morgan fingerprint density at radius 2 is 2.26 bits per heavy atom. The summed E-state index contributed by atoms with van der Waals surface area (Å²) in [4.78, 5) is 12.6. The second kappa shape index (κ2) is 5.59. The van der Waals surface area contributed by atoms with Crippen molar-refractivity contribution < 1.29 is 9.18 Å². The number of halogens is 2. The van der Waals surface area contributed by atoms with Gasteiger partial charge < -0.3 is 5.32 Å². The summed E-state index contributed by atoms with van der Waals surface area (Å²) in [7, 11) is 0. The highest BCUT2D eigenvalue weighted by molar-refractivity contribution is 6.30. The van der Waals surface area contributed by atoms with Gasteiger partial charge in [0.1, 0.15) is 11.6 Å². The Morgan fingerprint density at radius 1 is 1.53 bits per heavy atom. The topological polar surface area (TPSA) is 29.1 Å². The Morgan fingerprint density at radius 3 is 2.84 bits per heavy atom. The van der Waals surface area contributed by atoms with Crippen molar-refractivity contribution in [3.8, 4) is 0 Å². The third-order valence-corrected chi connectivity index (χ3v) is 4.52. The third-order valence-electron chi connectivity index (χ3n) is 4.23. The van der Waals surface area contributed by atoms with Crippen LogP contribution in [0.2, 0.25) is 5.02 Å². The summed E-state index contributed by atoms with van der Waals surface area (Å²) in [6.07, 6.45) is 0.942. The highest BCUT2D eigenvalue weighted by Gasteiger charge is 2.43. The molecular weight excluding hydrogens is 265 g/mol. The van der Waals surface area contributed by atoms with E-state index in [0.29, 0.717) is 12.1 Å². The molecule has 2 nitrogen and oxygen atoms in total. The largest absolute Gasteiger partial charge is 0.316 e. The summed E-state index contributed by atoms with van der Waals surface area (Å²) in [5.74, 6) is -0.117. The van der Waals surface area contributed by atoms with Gasteiger partial charge in [-0.15, -0.1) is 0 Å². The van der Waals surface area contributed by atoms with Crippen LogP contribution < -0.4 is 5.32 Å². The van der Waals surface area contributed by atoms with E-state index in [1.54, 1.807) is 12.1 Å². The average molecular weight is 284 g/mol. The first-order valence-corrected chi connectivity index (χ1v) is 7.02. The quantitative estimate of drug-likeness (QED) is 0.919. The minimum absolute atomic E-state index is 0.0773. The van der Waals surface area contributed by atoms with Crippen LogP contribution in [0.5, 0.6) is 0 Å². The number of nitrogens with one attached hydrogen (secondary N) is 1. The van der Waals surface area contributed by atoms with Gasteiger partial charge in [0.15, 0.2) is 0 Å². The Labute approximate surface area is 118 Å². The van der Waals surface area contributed by atoms with Crippen LogP contribution in [-0.4, -0.2) is 18.9 Å². The van der Waals surface area contributed by atoms with Crippen LogP contribution >= 0.6 is 11.6 Å². The molecule has 1 fully saturated rings. The van der Waals surface area contributed by atoms with Gasteiger partial charge in [-0.3, -0.25) is 4.79 Å². The maximum Gasteiger partial charge on any atom is 0.145 e. The molecule has 1 aromatic rings. The second-order valence-electron chi connectivity index (χ2n) is 5.55. The fourth-order valence-electron chi connectivity index (χ4n) is 2.80. The first-order valence-electron chi connectivity index (χ1n) is 6.64. The summed E-state index contributed by atoms with van der Waals surface area (Å²) < 4.78 is 13.9. The van der Waals surface area contributed by atoms with Gasteiger partial charge >= 0.3 is 0 Å². The van der Waals surface area contributed by atoms with Crippen LogP contribution in [-0.2, 0) is 11.2 Å². The zero-order valence-electron chi connectivity index (χ0n) is 11.3. The van der Waals surface area contributed by atoms with Gasteiger partial charge in [-0.2, -0.15) is 0 Å². The number of Topliss-reactive ketones (excluding diaryl/α,β-unsaturated/α-hetero) is 1. The van der Waals surface area contributed by atoms with Gasteiger partial charge in [0, 0.05) is 18.4 Å². The fraction of sp³-hybridized carbons (Fsp3) is 0.533. The third kappa shape index (κ3) is 2.67. The Kier molecular flexibility index (Phi) is 4.26. The predicted molar refractivity (Wildman–Crippen MR) is 74.9 cm³/mol. The molecule has 1 aromatic carbocycles. The zero-order chi connectivity index (χ0) is 14.0. The highest BCUT2D eigenvalue weighted by Crippen LogP contribution is 2.36. The Balaban J connectivity index is 2.23. The molecule has 0 aromatic heterocycles. The van der Waals surface area contributed by atoms with Crippen molar-refractivity contribution in [2.75, 3.05) is 13.1 Å². The van der Waals surface area contributed by atoms with Crippen molar-refractivity contribution in [3.05, 3.63) is 34.6 Å². The summed E-state index contributed by atoms with van der Waals surface area (Å²) in [5.41, 5.74) is 0.0267. The standard InChI is InChI=1S/C15H19ClFNO/c1-10(2)15(6-7-18-9-15)13(19)8-11-4-3-5-12(16)14(11)17/h3-5,10,18H,6-9H2,1-2H3. The molecule has 2 rings (SSSR count). The van der Waals surface area contributed by atoms with Crippen molar-refractivity contribution in [1.29, 1.82) is 0 Å². The van der Waals surface area contributed by atoms with Crippen molar-refractivity contribution in [2.45, 2.75) is 26.7 Å². The number of benzene rings is 1. The normalized spacial score (nSPS) is 23.0. The number of carbonyl (C=O) groups is 1. The lowest BCUT2D eigenvalue weighted by Crippen LogP contribution is -2.39. The van der Waals surface area contributed by atoms with Crippen LogP contribution in [0, 0.1) is 17.2 Å². The maximum atomic E-state index is 13.9. The fourth-order valence-corrected chi connectivity index (χ4v) is 2.99. The minimum atomic E-state index is -0.470. The van der Waals surface area contributed by atoms with Crippen molar-refractivity contribution in [1.82, 2.24) is 5.32 Å². The lowest BCUT2D eigenvalue weighted by Gasteiger charge is -2.31. The molecule has 1 aliphatic rings. The van der Waals surface area contributed by atoms with Gasteiger partial charge in [-0.25, -0.2) is 4.39 Å². The Hall–Kier alpha value is -0.930. The van der Waals surface area contributed by atoms with Crippen molar-refractivity contribution in [3.63, 3.8) is 0 Å². The molecule has 0 amide bonds. The van der Waals surface area contributed by atoms with Gasteiger partial charge in [-0.1, -0.05) is 37.6 Å². The van der Waals surface area contributed by atoms with Gasteiger partial charge in [0.05, 0.1) is 5.02 Å². The van der Waals surface area contributed by atoms with E-state index in [2.05, 4.69) is 19.2 Å². The van der Waals surface area contributed by atoms with Crippen LogP contribution in [0.25, 0.3) is 0 Å². The number of carbonyl (C=O) groups excluding carboxylic acids is 1. The average Bonchev–Trinajstić information content (AvgIpc) is 2.85. The number of rotatable bonds is 4. The van der Waals surface area contributed by atoms with Crippen molar-refractivity contribution >= 4 is 17.4 Å². The van der Waals surface area contributed by atoms with E-state index < -0.39 is 5.82 Å². The van der Waals surface area contributed by atoms with Crippen LogP contribution in [0.15, 0.2) is 18.2 Å². The van der Waals surface area contributed by atoms with Gasteiger partial charge in [0.2, 0.25) is 0 Å². The van der Waals surface area contributed by atoms with Crippen LogP contribution in [0.3, 0.4) is 0 Å². The maximum absolute atomic E-state index is 13.9. The molecule has 19 heavy (non-hydrogen) atoms. The first-order chi connectivity index (χ1) is 8.97. The molecule has 0 aliphatic carbocycles. The van der Waals surface area contributed by atoms with Gasteiger partial charge in [-0.05, 0) is 30.5 Å². The SMILES string of the molecule is CC(C)C1(C(=O)Cc2cccc(Cl)c2F)CCNC1. The summed E-state index contributed by atoms with van der Waals surface area (Å²) in [6, 6.07) is 4.82. The van der Waals surface area contributed by atoms with Gasteiger partial charge in [0.25, 0.3) is 0 Å².